The highest BCUT2D eigenvalue weighted by molar-refractivity contribution is 5.92. The maximum atomic E-state index is 12.4. The van der Waals surface area contributed by atoms with Gasteiger partial charge in [-0.15, -0.1) is 0 Å². The monoisotopic (exact) mass is 299 g/mol. The second kappa shape index (κ2) is 6.48. The van der Waals surface area contributed by atoms with Crippen molar-refractivity contribution in [2.24, 2.45) is 0 Å². The van der Waals surface area contributed by atoms with Gasteiger partial charge in [-0.05, 0) is 18.2 Å². The number of hydrogen-bond acceptors (Lipinski definition) is 6. The van der Waals surface area contributed by atoms with Crippen LogP contribution in [0, 0.1) is 0 Å². The van der Waals surface area contributed by atoms with Gasteiger partial charge in [0.1, 0.15) is 23.9 Å². The second-order valence-electron chi connectivity index (χ2n) is 4.90. The number of anilines is 1. The van der Waals surface area contributed by atoms with E-state index in [9.17, 15) is 4.79 Å². The molecule has 1 fully saturated rings. The molecule has 114 valence electrons. The molecule has 1 atom stereocenters. The molecule has 3 rings (SSSR count). The van der Waals surface area contributed by atoms with Crippen molar-refractivity contribution in [3.63, 3.8) is 0 Å². The molecule has 22 heavy (non-hydrogen) atoms. The lowest BCUT2D eigenvalue weighted by molar-refractivity contribution is -0.0248. The molecule has 0 aliphatic carbocycles. The largest absolute Gasteiger partial charge is 0.373 e. The zero-order valence-corrected chi connectivity index (χ0v) is 12.3. The maximum Gasteiger partial charge on any atom is 0.272 e. The Labute approximate surface area is 128 Å². The number of nitrogens with zero attached hydrogens (tertiary/aromatic N) is 4. The van der Waals surface area contributed by atoms with Crippen LogP contribution in [-0.4, -0.2) is 52.5 Å². The van der Waals surface area contributed by atoms with Gasteiger partial charge in [-0.25, -0.2) is 15.0 Å². The number of carbonyl (C=O) groups excluding carboxylic acids is 1. The smallest absolute Gasteiger partial charge is 0.272 e. The summed E-state index contributed by atoms with van der Waals surface area (Å²) in [7, 11) is 1.82. The number of carbonyl (C=O) groups is 1. The Balaban J connectivity index is 1.75. The van der Waals surface area contributed by atoms with Gasteiger partial charge in [0.25, 0.3) is 5.91 Å². The Morgan fingerprint density at radius 1 is 1.41 bits per heavy atom. The first-order valence-corrected chi connectivity index (χ1v) is 7.09. The molecule has 0 bridgehead atoms. The Morgan fingerprint density at radius 2 is 2.32 bits per heavy atom. The van der Waals surface area contributed by atoms with Crippen molar-refractivity contribution in [1.29, 1.82) is 0 Å². The topological polar surface area (TPSA) is 80.2 Å². The van der Waals surface area contributed by atoms with Gasteiger partial charge in [0.15, 0.2) is 0 Å². The third-order valence-corrected chi connectivity index (χ3v) is 3.51. The van der Waals surface area contributed by atoms with Gasteiger partial charge in [0, 0.05) is 19.8 Å². The second-order valence-corrected chi connectivity index (χ2v) is 4.90. The molecule has 1 amide bonds. The molecule has 2 aromatic heterocycles. The van der Waals surface area contributed by atoms with Crippen LogP contribution in [-0.2, 0) is 4.74 Å². The van der Waals surface area contributed by atoms with Crippen LogP contribution in [0.2, 0.25) is 0 Å². The zero-order chi connectivity index (χ0) is 15.4. The van der Waals surface area contributed by atoms with Crippen molar-refractivity contribution in [2.75, 3.05) is 32.1 Å². The maximum absolute atomic E-state index is 12.4. The van der Waals surface area contributed by atoms with Gasteiger partial charge in [0.2, 0.25) is 0 Å². The number of amides is 1. The first kappa shape index (κ1) is 14.4. The van der Waals surface area contributed by atoms with Crippen LogP contribution in [0.4, 0.5) is 5.82 Å². The molecular weight excluding hydrogens is 282 g/mol. The number of morpholine rings is 1. The lowest BCUT2D eigenvalue weighted by Gasteiger charge is -2.32. The molecule has 2 aromatic rings. The number of ether oxygens (including phenoxy) is 1. The molecule has 1 unspecified atom stereocenters. The minimum Gasteiger partial charge on any atom is -0.373 e. The van der Waals surface area contributed by atoms with E-state index in [0.29, 0.717) is 25.4 Å². The molecule has 1 saturated heterocycles. The average Bonchev–Trinajstić information content (AvgIpc) is 2.62. The Kier molecular flexibility index (Phi) is 4.24. The number of nitrogens with one attached hydrogen (secondary N) is 1. The van der Waals surface area contributed by atoms with Crippen molar-refractivity contribution in [2.45, 2.75) is 6.10 Å². The Morgan fingerprint density at radius 3 is 3.09 bits per heavy atom. The molecule has 1 aliphatic heterocycles. The molecular formula is C15H17N5O2. The molecule has 3 heterocycles. The fourth-order valence-corrected chi connectivity index (χ4v) is 2.36. The molecule has 1 N–H and O–H groups in total. The summed E-state index contributed by atoms with van der Waals surface area (Å²) in [5.74, 6) is 0.667. The standard InChI is InChI=1S/C15H17N5O2/c1-16-14-4-2-3-11(19-14)13-9-20(7-8-22-13)15(21)12-5-6-17-10-18-12/h2-6,10,13H,7-9H2,1H3,(H,16,19). The van der Waals surface area contributed by atoms with Crippen molar-refractivity contribution in [3.05, 3.63) is 48.2 Å². The first-order valence-electron chi connectivity index (χ1n) is 7.09. The minimum absolute atomic E-state index is 0.111. The van der Waals surface area contributed by atoms with E-state index in [1.165, 1.54) is 6.33 Å². The molecule has 0 spiro atoms. The highest BCUT2D eigenvalue weighted by Gasteiger charge is 2.27. The zero-order valence-electron chi connectivity index (χ0n) is 12.3. The van der Waals surface area contributed by atoms with Crippen molar-refractivity contribution in [1.82, 2.24) is 19.9 Å². The van der Waals surface area contributed by atoms with Gasteiger partial charge in [-0.1, -0.05) is 6.07 Å². The van der Waals surface area contributed by atoms with E-state index in [1.54, 1.807) is 17.2 Å². The molecule has 7 heteroatoms. The van der Waals surface area contributed by atoms with Gasteiger partial charge < -0.3 is 15.0 Å². The van der Waals surface area contributed by atoms with Crippen LogP contribution in [0.3, 0.4) is 0 Å². The third kappa shape index (κ3) is 3.04. The van der Waals surface area contributed by atoms with Gasteiger partial charge >= 0.3 is 0 Å². The van der Waals surface area contributed by atoms with Crippen molar-refractivity contribution >= 4 is 11.7 Å². The highest BCUT2D eigenvalue weighted by Crippen LogP contribution is 2.22. The van der Waals surface area contributed by atoms with Crippen LogP contribution >= 0.6 is 0 Å². The third-order valence-electron chi connectivity index (χ3n) is 3.51. The summed E-state index contributed by atoms with van der Waals surface area (Å²) in [4.78, 5) is 26.5. The molecule has 0 aromatic carbocycles. The summed E-state index contributed by atoms with van der Waals surface area (Å²) >= 11 is 0. The number of pyridine rings is 1. The van der Waals surface area contributed by atoms with Gasteiger partial charge in [0.05, 0.1) is 18.8 Å². The average molecular weight is 299 g/mol. The Bertz CT molecular complexity index is 649. The summed E-state index contributed by atoms with van der Waals surface area (Å²) in [5.41, 5.74) is 1.21. The number of rotatable bonds is 3. The van der Waals surface area contributed by atoms with Crippen molar-refractivity contribution in [3.8, 4) is 0 Å². The van der Waals surface area contributed by atoms with E-state index in [4.69, 9.17) is 4.74 Å². The van der Waals surface area contributed by atoms with E-state index in [1.807, 2.05) is 25.2 Å². The summed E-state index contributed by atoms with van der Waals surface area (Å²) < 4.78 is 5.76. The van der Waals surface area contributed by atoms with Crippen LogP contribution in [0.25, 0.3) is 0 Å². The predicted molar refractivity (Wildman–Crippen MR) is 80.4 cm³/mol. The van der Waals surface area contributed by atoms with Crippen LogP contribution in [0.15, 0.2) is 36.8 Å². The fourth-order valence-electron chi connectivity index (χ4n) is 2.36. The predicted octanol–water partition coefficient (Wildman–Crippen LogP) is 1.13. The Hall–Kier alpha value is -2.54. The summed E-state index contributed by atoms with van der Waals surface area (Å²) in [6.45, 7) is 1.49. The quantitative estimate of drug-likeness (QED) is 0.915. The molecule has 0 radical (unpaired) electrons. The summed E-state index contributed by atoms with van der Waals surface area (Å²) in [6, 6.07) is 7.33. The first-order chi connectivity index (χ1) is 10.8. The summed E-state index contributed by atoms with van der Waals surface area (Å²) in [6.07, 6.45) is 2.71. The van der Waals surface area contributed by atoms with Crippen LogP contribution < -0.4 is 5.32 Å². The van der Waals surface area contributed by atoms with Gasteiger partial charge in [-0.2, -0.15) is 0 Å². The lowest BCUT2D eigenvalue weighted by Crippen LogP contribution is -2.42. The lowest BCUT2D eigenvalue weighted by atomic mass is 10.1. The minimum atomic E-state index is -0.229. The normalized spacial score (nSPS) is 18.0. The molecule has 7 nitrogen and oxygen atoms in total. The van der Waals surface area contributed by atoms with Crippen LogP contribution in [0.1, 0.15) is 22.3 Å². The van der Waals surface area contributed by atoms with Crippen molar-refractivity contribution < 1.29 is 9.53 Å². The number of aromatic nitrogens is 3. The summed E-state index contributed by atoms with van der Waals surface area (Å²) in [5, 5.41) is 3.00. The highest BCUT2D eigenvalue weighted by atomic mass is 16.5. The van der Waals surface area contributed by atoms with E-state index in [0.717, 1.165) is 11.5 Å². The van der Waals surface area contributed by atoms with E-state index in [2.05, 4.69) is 20.3 Å². The van der Waals surface area contributed by atoms with E-state index >= 15 is 0 Å². The molecule has 1 aliphatic rings. The van der Waals surface area contributed by atoms with Gasteiger partial charge in [-0.3, -0.25) is 4.79 Å². The molecule has 0 saturated carbocycles. The number of hydrogen-bond donors (Lipinski definition) is 1. The van der Waals surface area contributed by atoms with E-state index in [-0.39, 0.29) is 12.0 Å². The van der Waals surface area contributed by atoms with Crippen LogP contribution in [0.5, 0.6) is 0 Å². The SMILES string of the molecule is CNc1cccc(C2CN(C(=O)c3ccncn3)CCO2)n1. The van der Waals surface area contributed by atoms with E-state index < -0.39 is 0 Å². The fraction of sp³-hybridized carbons (Fsp3) is 0.333.